The first-order valence-corrected chi connectivity index (χ1v) is 3.09. The second kappa shape index (κ2) is 3.99. The lowest BCUT2D eigenvalue weighted by Gasteiger charge is -1.93. The van der Waals surface area contributed by atoms with Crippen molar-refractivity contribution in [1.82, 2.24) is 6.15 Å². The molecule has 0 heterocycles. The summed E-state index contributed by atoms with van der Waals surface area (Å²) in [4.78, 5) is 9.26. The second-order valence-corrected chi connectivity index (χ2v) is 2.24. The lowest BCUT2D eigenvalue weighted by molar-refractivity contribution is -0.387. The third-order valence-electron chi connectivity index (χ3n) is 1.13. The van der Waals surface area contributed by atoms with Gasteiger partial charge in [0.05, 0.1) is 9.95 Å². The lowest BCUT2D eigenvalue weighted by Crippen LogP contribution is -1.91. The van der Waals surface area contributed by atoms with Crippen molar-refractivity contribution in [1.29, 1.82) is 0 Å². The number of nitro benzene ring substituents is 1. The number of halogens is 2. The number of nitro groups is 1. The predicted octanol–water partition coefficient (Wildman–Crippen LogP) is 2.55. The predicted molar refractivity (Wildman–Crippen MR) is 43.1 cm³/mol. The summed E-state index contributed by atoms with van der Waals surface area (Å²) >= 11 is 5.28. The molecule has 0 aliphatic heterocycles. The molecule has 0 aromatic heterocycles. The van der Waals surface area contributed by atoms with E-state index in [4.69, 9.17) is 11.6 Å². The fourth-order valence-electron chi connectivity index (χ4n) is 0.633. The van der Waals surface area contributed by atoms with E-state index in [-0.39, 0.29) is 11.2 Å². The van der Waals surface area contributed by atoms with Gasteiger partial charge in [0.15, 0.2) is 0 Å². The van der Waals surface area contributed by atoms with Gasteiger partial charge in [-0.05, 0) is 6.07 Å². The molecule has 0 saturated heterocycles. The number of benzene rings is 1. The highest BCUT2D eigenvalue weighted by molar-refractivity contribution is 6.30. The second-order valence-electron chi connectivity index (χ2n) is 1.83. The third-order valence-corrected chi connectivity index (χ3v) is 1.42. The van der Waals surface area contributed by atoms with Crippen LogP contribution in [0.1, 0.15) is 0 Å². The molecule has 3 N–H and O–H groups in total. The molecular formula is C6H6ClFN2O2. The van der Waals surface area contributed by atoms with E-state index in [1.165, 1.54) is 12.1 Å². The average molecular weight is 193 g/mol. The van der Waals surface area contributed by atoms with Gasteiger partial charge in [0.1, 0.15) is 0 Å². The van der Waals surface area contributed by atoms with Crippen molar-refractivity contribution < 1.29 is 9.31 Å². The zero-order valence-corrected chi connectivity index (χ0v) is 6.71. The van der Waals surface area contributed by atoms with Crippen LogP contribution in [0.25, 0.3) is 0 Å². The zero-order chi connectivity index (χ0) is 8.43. The molecule has 1 rings (SSSR count). The first-order valence-electron chi connectivity index (χ1n) is 2.71. The molecule has 4 nitrogen and oxygen atoms in total. The van der Waals surface area contributed by atoms with Crippen molar-refractivity contribution in [2.45, 2.75) is 0 Å². The summed E-state index contributed by atoms with van der Waals surface area (Å²) < 4.78 is 12.7. The topological polar surface area (TPSA) is 78.1 Å². The highest BCUT2D eigenvalue weighted by atomic mass is 35.5. The summed E-state index contributed by atoms with van der Waals surface area (Å²) in [6.07, 6.45) is 0. The van der Waals surface area contributed by atoms with E-state index in [9.17, 15) is 14.5 Å². The summed E-state index contributed by atoms with van der Waals surface area (Å²) in [6.45, 7) is 0. The van der Waals surface area contributed by atoms with Crippen molar-refractivity contribution in [2.24, 2.45) is 0 Å². The van der Waals surface area contributed by atoms with Gasteiger partial charge in [-0.2, -0.15) is 4.39 Å². The minimum atomic E-state index is -0.987. The Kier molecular flexibility index (Phi) is 3.59. The van der Waals surface area contributed by atoms with E-state index in [1.54, 1.807) is 0 Å². The normalized spacial score (nSPS) is 8.83. The lowest BCUT2D eigenvalue weighted by atomic mass is 10.3. The fraction of sp³-hybridized carbons (Fsp3) is 0. The van der Waals surface area contributed by atoms with Gasteiger partial charge in [0, 0.05) is 6.07 Å². The molecule has 12 heavy (non-hydrogen) atoms. The molecule has 0 amide bonds. The van der Waals surface area contributed by atoms with Crippen LogP contribution in [0.15, 0.2) is 18.2 Å². The molecule has 0 saturated carbocycles. The molecule has 0 atom stereocenters. The first kappa shape index (κ1) is 10.8. The molecule has 1 aromatic carbocycles. The van der Waals surface area contributed by atoms with Crippen LogP contribution in [0.4, 0.5) is 10.1 Å². The van der Waals surface area contributed by atoms with Gasteiger partial charge in [0.2, 0.25) is 5.82 Å². The summed E-state index contributed by atoms with van der Waals surface area (Å²) in [7, 11) is 0. The average Bonchev–Trinajstić information content (AvgIpc) is 1.94. The van der Waals surface area contributed by atoms with Crippen molar-refractivity contribution in [3.05, 3.63) is 39.2 Å². The Hall–Kier alpha value is -1.20. The largest absolute Gasteiger partial charge is 0.344 e. The van der Waals surface area contributed by atoms with Crippen molar-refractivity contribution in [2.75, 3.05) is 0 Å². The minimum Gasteiger partial charge on any atom is -0.344 e. The van der Waals surface area contributed by atoms with Crippen LogP contribution in [0, 0.1) is 15.9 Å². The molecular weight excluding hydrogens is 187 g/mol. The van der Waals surface area contributed by atoms with Crippen LogP contribution in [-0.2, 0) is 0 Å². The first-order chi connectivity index (χ1) is 5.13. The number of hydrogen-bond donors (Lipinski definition) is 1. The van der Waals surface area contributed by atoms with Crippen LogP contribution >= 0.6 is 11.6 Å². The maximum atomic E-state index is 12.7. The molecule has 66 valence electrons. The van der Waals surface area contributed by atoms with E-state index in [0.29, 0.717) is 0 Å². The molecule has 0 aliphatic carbocycles. The molecule has 0 unspecified atom stereocenters. The monoisotopic (exact) mass is 192 g/mol. The van der Waals surface area contributed by atoms with Gasteiger partial charge >= 0.3 is 5.69 Å². The van der Waals surface area contributed by atoms with Crippen LogP contribution in [0.5, 0.6) is 0 Å². The van der Waals surface area contributed by atoms with E-state index >= 15 is 0 Å². The Bertz CT molecular complexity index is 306. The quantitative estimate of drug-likeness (QED) is 0.549. The van der Waals surface area contributed by atoms with Gasteiger partial charge in [-0.25, -0.2) is 0 Å². The van der Waals surface area contributed by atoms with Crippen molar-refractivity contribution >= 4 is 17.3 Å². The maximum absolute atomic E-state index is 12.7. The van der Waals surface area contributed by atoms with Gasteiger partial charge in [-0.15, -0.1) is 0 Å². The standard InChI is InChI=1S/C6H3ClFNO2.H3N/c7-4-2-1-3-5(6(4)8)9(10)11;/h1-3H;1H3. The summed E-state index contributed by atoms with van der Waals surface area (Å²) in [5, 5.41) is 9.84. The summed E-state index contributed by atoms with van der Waals surface area (Å²) in [5.74, 6) is -0.987. The fourth-order valence-corrected chi connectivity index (χ4v) is 0.803. The molecule has 6 heteroatoms. The Labute approximate surface area is 72.7 Å². The van der Waals surface area contributed by atoms with E-state index < -0.39 is 16.4 Å². The summed E-state index contributed by atoms with van der Waals surface area (Å²) in [6, 6.07) is 3.63. The molecule has 0 aliphatic rings. The van der Waals surface area contributed by atoms with Crippen LogP contribution in [0.2, 0.25) is 5.02 Å². The molecule has 0 fully saturated rings. The smallest absolute Gasteiger partial charge is 0.306 e. The Morgan fingerprint density at radius 1 is 1.50 bits per heavy atom. The molecule has 1 aromatic rings. The van der Waals surface area contributed by atoms with E-state index in [2.05, 4.69) is 0 Å². The van der Waals surface area contributed by atoms with Crippen molar-refractivity contribution in [3.63, 3.8) is 0 Å². The van der Waals surface area contributed by atoms with Crippen LogP contribution in [0.3, 0.4) is 0 Å². The number of rotatable bonds is 1. The van der Waals surface area contributed by atoms with Gasteiger partial charge in [0.25, 0.3) is 0 Å². The summed E-state index contributed by atoms with van der Waals surface area (Å²) in [5.41, 5.74) is -0.600. The Morgan fingerprint density at radius 2 is 2.08 bits per heavy atom. The number of nitrogens with zero attached hydrogens (tertiary/aromatic N) is 1. The molecule has 0 radical (unpaired) electrons. The molecule has 0 bridgehead atoms. The zero-order valence-electron chi connectivity index (χ0n) is 5.96. The Morgan fingerprint density at radius 3 is 2.50 bits per heavy atom. The van der Waals surface area contributed by atoms with E-state index in [0.717, 1.165) is 6.07 Å². The van der Waals surface area contributed by atoms with Gasteiger partial charge in [-0.3, -0.25) is 10.1 Å². The van der Waals surface area contributed by atoms with Gasteiger partial charge < -0.3 is 6.15 Å². The highest BCUT2D eigenvalue weighted by Gasteiger charge is 2.15. The van der Waals surface area contributed by atoms with Crippen LogP contribution < -0.4 is 6.15 Å². The van der Waals surface area contributed by atoms with Crippen molar-refractivity contribution in [3.8, 4) is 0 Å². The number of hydrogen-bond acceptors (Lipinski definition) is 3. The van der Waals surface area contributed by atoms with Gasteiger partial charge in [-0.1, -0.05) is 17.7 Å². The Balaban J connectivity index is 0.00000121. The van der Waals surface area contributed by atoms with Crippen LogP contribution in [-0.4, -0.2) is 4.92 Å². The maximum Gasteiger partial charge on any atom is 0.306 e. The minimum absolute atomic E-state index is 0. The third kappa shape index (κ3) is 1.90. The van der Waals surface area contributed by atoms with E-state index in [1.807, 2.05) is 0 Å². The highest BCUT2D eigenvalue weighted by Crippen LogP contribution is 2.23. The molecule has 0 spiro atoms. The SMILES string of the molecule is N.O=[N+]([O-])c1cccc(Cl)c1F.